The van der Waals surface area contributed by atoms with Gasteiger partial charge in [0.2, 0.25) is 0 Å². The number of hydrogen-bond acceptors (Lipinski definition) is 4. The summed E-state index contributed by atoms with van der Waals surface area (Å²) >= 11 is 0. The van der Waals surface area contributed by atoms with Crippen LogP contribution in [-0.4, -0.2) is 27.8 Å². The molecule has 0 aliphatic heterocycles. The number of amides is 1. The van der Waals surface area contributed by atoms with E-state index in [1.807, 2.05) is 41.2 Å². The molecule has 6 nitrogen and oxygen atoms in total. The smallest absolute Gasteiger partial charge is 0.270 e. The molecule has 0 radical (unpaired) electrons. The van der Waals surface area contributed by atoms with Gasteiger partial charge in [-0.1, -0.05) is 6.07 Å². The van der Waals surface area contributed by atoms with Crippen LogP contribution in [-0.2, 0) is 6.42 Å². The molecular formula is C20H20N4O2. The summed E-state index contributed by atoms with van der Waals surface area (Å²) in [6.45, 7) is 0. The minimum absolute atomic E-state index is 0.0414. The Morgan fingerprint density at radius 3 is 2.81 bits per heavy atom. The molecule has 1 aliphatic carbocycles. The SMILES string of the molecule is COc1ccc(-n2ncc3c2CCC[C@@H]3NC(=O)c2ccccn2)cc1. The van der Waals surface area contributed by atoms with Gasteiger partial charge in [0.25, 0.3) is 5.91 Å². The van der Waals surface area contributed by atoms with Crippen LogP contribution in [0.4, 0.5) is 0 Å². The highest BCUT2D eigenvalue weighted by Crippen LogP contribution is 2.31. The molecule has 0 saturated heterocycles. The predicted octanol–water partition coefficient (Wildman–Crippen LogP) is 3.08. The third-order valence-electron chi connectivity index (χ3n) is 4.70. The van der Waals surface area contributed by atoms with E-state index in [-0.39, 0.29) is 11.9 Å². The molecule has 6 heteroatoms. The van der Waals surface area contributed by atoms with E-state index in [2.05, 4.69) is 15.4 Å². The Hall–Kier alpha value is -3.15. The fraction of sp³-hybridized carbons (Fsp3) is 0.250. The summed E-state index contributed by atoms with van der Waals surface area (Å²) in [7, 11) is 1.65. The van der Waals surface area contributed by atoms with Crippen molar-refractivity contribution in [2.24, 2.45) is 0 Å². The lowest BCUT2D eigenvalue weighted by Crippen LogP contribution is -2.31. The summed E-state index contributed by atoms with van der Waals surface area (Å²) in [4.78, 5) is 16.6. The van der Waals surface area contributed by atoms with Crippen molar-refractivity contribution < 1.29 is 9.53 Å². The van der Waals surface area contributed by atoms with E-state index in [0.29, 0.717) is 5.69 Å². The highest BCUT2D eigenvalue weighted by atomic mass is 16.5. The molecule has 1 aromatic carbocycles. The zero-order chi connectivity index (χ0) is 17.9. The molecule has 1 atom stereocenters. The van der Waals surface area contributed by atoms with Crippen molar-refractivity contribution in [1.29, 1.82) is 0 Å². The number of ether oxygens (including phenoxy) is 1. The Morgan fingerprint density at radius 1 is 1.23 bits per heavy atom. The summed E-state index contributed by atoms with van der Waals surface area (Å²) in [5, 5.41) is 7.66. The van der Waals surface area contributed by atoms with Crippen molar-refractivity contribution in [2.45, 2.75) is 25.3 Å². The Kier molecular flexibility index (Phi) is 4.39. The molecule has 1 aliphatic rings. The van der Waals surface area contributed by atoms with Crippen molar-refractivity contribution in [3.63, 3.8) is 0 Å². The first-order valence-corrected chi connectivity index (χ1v) is 8.69. The highest BCUT2D eigenvalue weighted by Gasteiger charge is 2.26. The van der Waals surface area contributed by atoms with Gasteiger partial charge < -0.3 is 10.1 Å². The Balaban J connectivity index is 1.59. The molecule has 0 saturated carbocycles. The van der Waals surface area contributed by atoms with Crippen LogP contribution in [0, 0.1) is 0 Å². The van der Waals surface area contributed by atoms with Crippen molar-refractivity contribution in [1.82, 2.24) is 20.1 Å². The predicted molar refractivity (Wildman–Crippen MR) is 97.5 cm³/mol. The zero-order valence-corrected chi connectivity index (χ0v) is 14.6. The van der Waals surface area contributed by atoms with Crippen LogP contribution >= 0.6 is 0 Å². The molecule has 0 fully saturated rings. The van der Waals surface area contributed by atoms with Gasteiger partial charge in [0.1, 0.15) is 11.4 Å². The van der Waals surface area contributed by atoms with E-state index in [1.165, 1.54) is 0 Å². The first-order chi connectivity index (χ1) is 12.8. The molecule has 132 valence electrons. The molecule has 1 N–H and O–H groups in total. The van der Waals surface area contributed by atoms with Crippen molar-refractivity contribution in [2.75, 3.05) is 7.11 Å². The molecule has 2 heterocycles. The van der Waals surface area contributed by atoms with Crippen LogP contribution in [0.15, 0.2) is 54.9 Å². The summed E-state index contributed by atoms with van der Waals surface area (Å²) in [6.07, 6.45) is 6.34. The fourth-order valence-corrected chi connectivity index (χ4v) is 3.38. The van der Waals surface area contributed by atoms with Crippen LogP contribution < -0.4 is 10.1 Å². The monoisotopic (exact) mass is 348 g/mol. The van der Waals surface area contributed by atoms with E-state index < -0.39 is 0 Å². The summed E-state index contributed by atoms with van der Waals surface area (Å²) in [5.41, 5.74) is 3.65. The van der Waals surface area contributed by atoms with Crippen LogP contribution in [0.2, 0.25) is 0 Å². The second kappa shape index (κ2) is 7.00. The zero-order valence-electron chi connectivity index (χ0n) is 14.6. The van der Waals surface area contributed by atoms with E-state index in [4.69, 9.17) is 4.74 Å². The number of rotatable bonds is 4. The molecule has 1 amide bonds. The third kappa shape index (κ3) is 3.06. The minimum atomic E-state index is -0.152. The van der Waals surface area contributed by atoms with Gasteiger partial charge in [-0.2, -0.15) is 5.10 Å². The average Bonchev–Trinajstić information content (AvgIpc) is 3.14. The van der Waals surface area contributed by atoms with Gasteiger partial charge >= 0.3 is 0 Å². The molecule has 4 rings (SSSR count). The molecule has 0 unspecified atom stereocenters. The maximum atomic E-state index is 12.5. The van der Waals surface area contributed by atoms with E-state index in [0.717, 1.165) is 42.0 Å². The van der Waals surface area contributed by atoms with Gasteiger partial charge in [-0.3, -0.25) is 9.78 Å². The summed E-state index contributed by atoms with van der Waals surface area (Å²) in [5.74, 6) is 0.663. The maximum Gasteiger partial charge on any atom is 0.270 e. The highest BCUT2D eigenvalue weighted by molar-refractivity contribution is 5.92. The normalized spacial score (nSPS) is 16.0. The van der Waals surface area contributed by atoms with Gasteiger partial charge in [-0.25, -0.2) is 4.68 Å². The number of carbonyl (C=O) groups is 1. The Morgan fingerprint density at radius 2 is 2.08 bits per heavy atom. The van der Waals surface area contributed by atoms with E-state index in [1.54, 1.807) is 25.4 Å². The largest absolute Gasteiger partial charge is 0.497 e. The van der Waals surface area contributed by atoms with Gasteiger partial charge in [-0.15, -0.1) is 0 Å². The van der Waals surface area contributed by atoms with Gasteiger partial charge in [0.15, 0.2) is 0 Å². The lowest BCUT2D eigenvalue weighted by Gasteiger charge is -2.24. The average molecular weight is 348 g/mol. The first kappa shape index (κ1) is 16.3. The fourth-order valence-electron chi connectivity index (χ4n) is 3.38. The molecule has 0 bridgehead atoms. The number of nitrogens with one attached hydrogen (secondary N) is 1. The summed E-state index contributed by atoms with van der Waals surface area (Å²) in [6, 6.07) is 13.1. The minimum Gasteiger partial charge on any atom is -0.497 e. The van der Waals surface area contributed by atoms with Crippen molar-refractivity contribution in [3.05, 3.63) is 71.8 Å². The van der Waals surface area contributed by atoms with Crippen LogP contribution in [0.5, 0.6) is 5.75 Å². The van der Waals surface area contributed by atoms with Crippen LogP contribution in [0.25, 0.3) is 5.69 Å². The number of pyridine rings is 1. The maximum absolute atomic E-state index is 12.5. The van der Waals surface area contributed by atoms with Crippen molar-refractivity contribution >= 4 is 5.91 Å². The second-order valence-corrected chi connectivity index (χ2v) is 6.29. The van der Waals surface area contributed by atoms with Gasteiger partial charge in [0.05, 0.1) is 25.0 Å². The molecule has 26 heavy (non-hydrogen) atoms. The van der Waals surface area contributed by atoms with Gasteiger partial charge in [-0.05, 0) is 55.7 Å². The first-order valence-electron chi connectivity index (χ1n) is 8.69. The topological polar surface area (TPSA) is 69.0 Å². The number of fused-ring (bicyclic) bond motifs is 1. The van der Waals surface area contributed by atoms with E-state index >= 15 is 0 Å². The third-order valence-corrected chi connectivity index (χ3v) is 4.70. The standard InChI is InChI=1S/C20H20N4O2/c1-26-15-10-8-14(9-11-15)24-19-7-4-6-17(16(19)13-22-24)23-20(25)18-5-2-3-12-21-18/h2-3,5,8-13,17H,4,6-7H2,1H3,(H,23,25)/t17-/m0/s1. The van der Waals surface area contributed by atoms with Crippen LogP contribution in [0.1, 0.15) is 40.6 Å². The quantitative estimate of drug-likeness (QED) is 0.787. The number of benzene rings is 1. The van der Waals surface area contributed by atoms with Crippen molar-refractivity contribution in [3.8, 4) is 11.4 Å². The second-order valence-electron chi connectivity index (χ2n) is 6.29. The van der Waals surface area contributed by atoms with Gasteiger partial charge in [0, 0.05) is 17.5 Å². The Bertz CT molecular complexity index is 903. The molecule has 3 aromatic rings. The number of aromatic nitrogens is 3. The Labute approximate surface area is 151 Å². The molecule has 0 spiro atoms. The molecule has 2 aromatic heterocycles. The van der Waals surface area contributed by atoms with E-state index in [9.17, 15) is 4.79 Å². The molecular weight excluding hydrogens is 328 g/mol. The number of hydrogen-bond donors (Lipinski definition) is 1. The lowest BCUT2D eigenvalue weighted by atomic mass is 9.92. The van der Waals surface area contributed by atoms with Crippen LogP contribution in [0.3, 0.4) is 0 Å². The lowest BCUT2D eigenvalue weighted by molar-refractivity contribution is 0.0927. The number of methoxy groups -OCH3 is 1. The number of nitrogens with zero attached hydrogens (tertiary/aromatic N) is 3. The number of carbonyl (C=O) groups excluding carboxylic acids is 1. The summed E-state index contributed by atoms with van der Waals surface area (Å²) < 4.78 is 7.17.